The quantitative estimate of drug-likeness (QED) is 0.467. The van der Waals surface area contributed by atoms with Gasteiger partial charge in [-0.1, -0.05) is 60.7 Å². The van der Waals surface area contributed by atoms with E-state index in [0.29, 0.717) is 6.61 Å². The maximum Gasteiger partial charge on any atom is 0.218 e. The van der Waals surface area contributed by atoms with Gasteiger partial charge >= 0.3 is 0 Å². The van der Waals surface area contributed by atoms with Gasteiger partial charge in [0.1, 0.15) is 0 Å². The maximum absolute atomic E-state index is 9.21. The van der Waals surface area contributed by atoms with Gasteiger partial charge in [-0.15, -0.1) is 0 Å². The van der Waals surface area contributed by atoms with E-state index in [1.54, 1.807) is 0 Å². The molecule has 0 spiro atoms. The van der Waals surface area contributed by atoms with Crippen molar-refractivity contribution in [1.82, 2.24) is 0 Å². The Bertz CT molecular complexity index is 443. The first-order chi connectivity index (χ1) is 10.6. The Hall–Kier alpha value is -1.68. The fourth-order valence-corrected chi connectivity index (χ4v) is 1.55. The number of halogens is 1. The van der Waals surface area contributed by atoms with Crippen LogP contribution in [0.4, 0.5) is 0 Å². The normalized spacial score (nSPS) is 8.91. The van der Waals surface area contributed by atoms with Crippen LogP contribution in [0.15, 0.2) is 60.7 Å². The summed E-state index contributed by atoms with van der Waals surface area (Å²) < 4.78 is 0. The molecular formula is C18H23ClO3. The van der Waals surface area contributed by atoms with Crippen LogP contribution < -0.4 is 0 Å². The molecule has 0 radical (unpaired) electrons. The number of rotatable bonds is 4. The molecular weight excluding hydrogens is 300 g/mol. The first-order valence-electron chi connectivity index (χ1n) is 6.99. The Kier molecular flexibility index (Phi) is 13.2. The van der Waals surface area contributed by atoms with Gasteiger partial charge in [0.05, 0.1) is 13.7 Å². The molecule has 22 heavy (non-hydrogen) atoms. The predicted molar refractivity (Wildman–Crippen MR) is 90.9 cm³/mol. The minimum absolute atomic E-state index is 0.361. The highest BCUT2D eigenvalue weighted by Crippen LogP contribution is 2.07. The second-order valence-electron chi connectivity index (χ2n) is 4.19. The Balaban J connectivity index is 0.000000411. The van der Waals surface area contributed by atoms with E-state index in [2.05, 4.69) is 82.0 Å². The molecule has 0 aliphatic rings. The lowest BCUT2D eigenvalue weighted by Crippen LogP contribution is -1.85. The van der Waals surface area contributed by atoms with Crippen LogP contribution in [0.1, 0.15) is 25.0 Å². The van der Waals surface area contributed by atoms with Crippen molar-refractivity contribution in [2.75, 3.05) is 13.7 Å². The lowest BCUT2D eigenvalue weighted by molar-refractivity contribution is -0.268. The van der Waals surface area contributed by atoms with Crippen LogP contribution >= 0.6 is 11.6 Å². The molecule has 0 N–H and O–H groups in total. The molecule has 2 aromatic carbocycles. The van der Waals surface area contributed by atoms with Crippen LogP contribution in [-0.4, -0.2) is 19.0 Å². The van der Waals surface area contributed by atoms with Gasteiger partial charge in [-0.05, 0) is 36.1 Å². The molecule has 2 rings (SSSR count). The Morgan fingerprint density at radius 3 is 1.55 bits per heavy atom. The average Bonchev–Trinajstić information content (AvgIpc) is 2.50. The fraction of sp³-hybridized carbons (Fsp3) is 0.278. The van der Waals surface area contributed by atoms with Gasteiger partial charge in [-0.2, -0.15) is 0 Å². The van der Waals surface area contributed by atoms with Crippen LogP contribution in [0, 0.1) is 0 Å². The van der Waals surface area contributed by atoms with Crippen LogP contribution in [0.5, 0.6) is 0 Å². The molecule has 3 nitrogen and oxygen atoms in total. The van der Waals surface area contributed by atoms with E-state index >= 15 is 0 Å². The molecule has 0 aliphatic heterocycles. The van der Waals surface area contributed by atoms with E-state index in [1.807, 2.05) is 6.92 Å². The van der Waals surface area contributed by atoms with Crippen LogP contribution in [0.2, 0.25) is 0 Å². The lowest BCUT2D eigenvalue weighted by atomic mass is 10.1. The molecule has 0 aromatic heterocycles. The summed E-state index contributed by atoms with van der Waals surface area (Å²) in [5.74, 6) is 0. The average molecular weight is 323 g/mol. The van der Waals surface area contributed by atoms with Gasteiger partial charge in [0.15, 0.2) is 0 Å². The molecule has 2 aromatic rings. The van der Waals surface area contributed by atoms with E-state index in [4.69, 9.17) is 0 Å². The summed E-state index contributed by atoms with van der Waals surface area (Å²) in [6, 6.07) is 21.1. The highest BCUT2D eigenvalue weighted by molar-refractivity contribution is 6.62. The molecule has 0 atom stereocenters. The molecule has 0 aliphatic carbocycles. The second-order valence-corrected chi connectivity index (χ2v) is 4.72. The smallest absolute Gasteiger partial charge is 0.218 e. The molecule has 0 fully saturated rings. The number of carbonyl (C=O) groups is 1. The van der Waals surface area contributed by atoms with Gasteiger partial charge in [0.2, 0.25) is 5.24 Å². The first-order valence-corrected chi connectivity index (χ1v) is 7.37. The van der Waals surface area contributed by atoms with Crippen molar-refractivity contribution in [1.29, 1.82) is 0 Å². The highest BCUT2D eigenvalue weighted by atomic mass is 35.5. The molecule has 0 saturated heterocycles. The van der Waals surface area contributed by atoms with Gasteiger partial charge in [0.25, 0.3) is 0 Å². The zero-order chi connectivity index (χ0) is 16.6. The lowest BCUT2D eigenvalue weighted by Gasteiger charge is -2.00. The standard InChI is InChI=1S/C13H12.C3H8O2.C2H3ClO/c1-3-7-12(8-4-1)11-13-9-5-2-6-10-13;1-3-5-4-2;1-2(3)4/h1-10H,11H2;3H2,1-2H3;1H3. The molecule has 0 heterocycles. The zero-order valence-corrected chi connectivity index (χ0v) is 14.0. The summed E-state index contributed by atoms with van der Waals surface area (Å²) in [6.45, 7) is 3.78. The number of hydrogen-bond acceptors (Lipinski definition) is 3. The Labute approximate surface area is 137 Å². The van der Waals surface area contributed by atoms with Crippen molar-refractivity contribution in [3.63, 3.8) is 0 Å². The van der Waals surface area contributed by atoms with E-state index < -0.39 is 0 Å². The zero-order valence-electron chi connectivity index (χ0n) is 13.3. The van der Waals surface area contributed by atoms with Crippen molar-refractivity contribution in [3.05, 3.63) is 71.8 Å². The molecule has 0 bridgehead atoms. The molecule has 4 heteroatoms. The molecule has 120 valence electrons. The monoisotopic (exact) mass is 322 g/mol. The topological polar surface area (TPSA) is 35.5 Å². The molecule has 0 amide bonds. The summed E-state index contributed by atoms with van der Waals surface area (Å²) in [4.78, 5) is 17.7. The second kappa shape index (κ2) is 14.3. The minimum atomic E-state index is -0.361. The SMILES string of the molecule is CC(=O)Cl.CCOOC.c1ccc(Cc2ccccc2)cc1. The Morgan fingerprint density at radius 2 is 1.32 bits per heavy atom. The van der Waals surface area contributed by atoms with Crippen molar-refractivity contribution in [3.8, 4) is 0 Å². The molecule has 0 saturated carbocycles. The summed E-state index contributed by atoms with van der Waals surface area (Å²) in [7, 11) is 1.49. The number of hydrogen-bond donors (Lipinski definition) is 0. The largest absolute Gasteiger partial charge is 0.282 e. The van der Waals surface area contributed by atoms with Gasteiger partial charge in [-0.3, -0.25) is 4.79 Å². The van der Waals surface area contributed by atoms with E-state index in [1.165, 1.54) is 25.2 Å². The fourth-order valence-electron chi connectivity index (χ4n) is 1.55. The first kappa shape index (κ1) is 20.3. The van der Waals surface area contributed by atoms with Crippen molar-refractivity contribution < 1.29 is 14.6 Å². The third-order valence-electron chi connectivity index (χ3n) is 2.33. The minimum Gasteiger partial charge on any atom is -0.282 e. The van der Waals surface area contributed by atoms with Crippen LogP contribution in [0.25, 0.3) is 0 Å². The number of carbonyl (C=O) groups excluding carboxylic acids is 1. The van der Waals surface area contributed by atoms with Crippen LogP contribution in [0.3, 0.4) is 0 Å². The van der Waals surface area contributed by atoms with Gasteiger partial charge < -0.3 is 0 Å². The van der Waals surface area contributed by atoms with Crippen molar-refractivity contribution in [2.24, 2.45) is 0 Å². The van der Waals surface area contributed by atoms with Crippen molar-refractivity contribution >= 4 is 16.8 Å². The van der Waals surface area contributed by atoms with Gasteiger partial charge in [0, 0.05) is 6.92 Å². The maximum atomic E-state index is 9.21. The third-order valence-corrected chi connectivity index (χ3v) is 2.33. The van der Waals surface area contributed by atoms with Crippen molar-refractivity contribution in [2.45, 2.75) is 20.3 Å². The van der Waals surface area contributed by atoms with Crippen LogP contribution in [-0.2, 0) is 21.0 Å². The Morgan fingerprint density at radius 1 is 0.955 bits per heavy atom. The van der Waals surface area contributed by atoms with E-state index in [0.717, 1.165) is 6.42 Å². The third kappa shape index (κ3) is 13.3. The predicted octanol–water partition coefficient (Wildman–Crippen LogP) is 4.63. The summed E-state index contributed by atoms with van der Waals surface area (Å²) in [5, 5.41) is -0.361. The number of benzene rings is 2. The van der Waals surface area contributed by atoms with Gasteiger partial charge in [-0.25, -0.2) is 9.78 Å². The summed E-state index contributed by atoms with van der Waals surface area (Å²) in [6.07, 6.45) is 1.03. The van der Waals surface area contributed by atoms with E-state index in [9.17, 15) is 4.79 Å². The highest BCUT2D eigenvalue weighted by Gasteiger charge is 1.92. The van der Waals surface area contributed by atoms with E-state index in [-0.39, 0.29) is 5.24 Å². The summed E-state index contributed by atoms with van der Waals surface area (Å²) in [5.41, 5.74) is 2.74. The molecule has 0 unspecified atom stereocenters. The summed E-state index contributed by atoms with van der Waals surface area (Å²) >= 11 is 4.64.